The number of nitrogens with one attached hydrogen (secondary N) is 2. The number of thiocarbonyl (C=S) groups is 1. The van der Waals surface area contributed by atoms with Crippen LogP contribution in [-0.2, 0) is 0 Å². The van der Waals surface area contributed by atoms with Gasteiger partial charge in [0.2, 0.25) is 0 Å². The second kappa shape index (κ2) is 5.60. The predicted molar refractivity (Wildman–Crippen MR) is 99.1 cm³/mol. The maximum absolute atomic E-state index is 5.36. The Kier molecular flexibility index (Phi) is 3.45. The van der Waals surface area contributed by atoms with E-state index in [1.165, 1.54) is 9.40 Å². The second-order valence-corrected chi connectivity index (χ2v) is 6.83. The molecular formula is C15H10N4S3. The maximum Gasteiger partial charge on any atom is 0.175 e. The summed E-state index contributed by atoms with van der Waals surface area (Å²) in [6.45, 7) is 0. The van der Waals surface area contributed by atoms with E-state index in [4.69, 9.17) is 12.2 Å². The highest BCUT2D eigenvalue weighted by Crippen LogP contribution is 2.23. The third kappa shape index (κ3) is 2.66. The van der Waals surface area contributed by atoms with Crippen LogP contribution in [0.5, 0.6) is 0 Å². The maximum atomic E-state index is 5.36. The first-order valence-electron chi connectivity index (χ1n) is 6.52. The van der Waals surface area contributed by atoms with E-state index < -0.39 is 0 Å². The van der Waals surface area contributed by atoms with Crippen molar-refractivity contribution < 1.29 is 0 Å². The molecule has 0 saturated carbocycles. The molecule has 0 atom stereocenters. The summed E-state index contributed by atoms with van der Waals surface area (Å²) < 4.78 is 2.33. The van der Waals surface area contributed by atoms with Crippen LogP contribution in [0.1, 0.15) is 0 Å². The normalized spacial score (nSPS) is 10.9. The summed E-state index contributed by atoms with van der Waals surface area (Å²) >= 11 is 8.62. The third-order valence-corrected chi connectivity index (χ3v) is 5.00. The Bertz CT molecular complexity index is 895. The summed E-state index contributed by atoms with van der Waals surface area (Å²) in [4.78, 5) is 8.61. The lowest BCUT2D eigenvalue weighted by atomic mass is 10.3. The molecule has 0 aliphatic rings. The number of rotatable bonds is 2. The molecule has 0 amide bonds. The molecule has 22 heavy (non-hydrogen) atoms. The number of benzene rings is 2. The van der Waals surface area contributed by atoms with E-state index in [1.807, 2.05) is 47.4 Å². The molecule has 2 aromatic heterocycles. The fraction of sp³-hybridized carbons (Fsp3) is 0. The van der Waals surface area contributed by atoms with Gasteiger partial charge in [-0.15, -0.1) is 22.7 Å². The first-order valence-corrected chi connectivity index (χ1v) is 8.69. The standard InChI is InChI=1S/C15H10N4S3/c20-15(18-9-1-3-13-11(5-9)16-7-21-13)19-10-2-4-14-12(6-10)17-8-22-14/h1-8H,(H2,18,19,20). The van der Waals surface area contributed by atoms with Crippen molar-refractivity contribution in [3.05, 3.63) is 47.4 Å². The minimum atomic E-state index is 0.546. The molecule has 2 aromatic carbocycles. The smallest absolute Gasteiger partial charge is 0.175 e. The van der Waals surface area contributed by atoms with Crippen molar-refractivity contribution in [1.29, 1.82) is 0 Å². The molecule has 2 heterocycles. The number of hydrogen-bond donors (Lipinski definition) is 2. The largest absolute Gasteiger partial charge is 0.332 e. The Morgan fingerprint density at radius 2 is 1.32 bits per heavy atom. The summed E-state index contributed by atoms with van der Waals surface area (Å²) in [5, 5.41) is 6.91. The van der Waals surface area contributed by atoms with Gasteiger partial charge in [-0.05, 0) is 48.6 Å². The Hall–Kier alpha value is -2.09. The van der Waals surface area contributed by atoms with Gasteiger partial charge in [0.05, 0.1) is 31.5 Å². The Labute approximate surface area is 139 Å². The van der Waals surface area contributed by atoms with Crippen LogP contribution < -0.4 is 10.6 Å². The van der Waals surface area contributed by atoms with Gasteiger partial charge in [0.25, 0.3) is 0 Å². The Morgan fingerprint density at radius 1 is 0.818 bits per heavy atom. The lowest BCUT2D eigenvalue weighted by molar-refractivity contribution is 1.49. The minimum absolute atomic E-state index is 0.546. The highest BCUT2D eigenvalue weighted by atomic mass is 32.1. The SMILES string of the molecule is S=C(Nc1ccc2scnc2c1)Nc1ccc2scnc2c1. The molecule has 0 aliphatic carbocycles. The molecule has 0 unspecified atom stereocenters. The number of fused-ring (bicyclic) bond motifs is 2. The van der Waals surface area contributed by atoms with Gasteiger partial charge < -0.3 is 10.6 Å². The van der Waals surface area contributed by atoms with Crippen molar-refractivity contribution >= 4 is 71.8 Å². The van der Waals surface area contributed by atoms with Crippen LogP contribution >= 0.6 is 34.9 Å². The lowest BCUT2D eigenvalue weighted by Gasteiger charge is -2.10. The molecule has 2 N–H and O–H groups in total. The van der Waals surface area contributed by atoms with Gasteiger partial charge in [-0.2, -0.15) is 0 Å². The van der Waals surface area contributed by atoms with Crippen molar-refractivity contribution in [3.8, 4) is 0 Å². The van der Waals surface area contributed by atoms with Crippen LogP contribution in [0.25, 0.3) is 20.4 Å². The van der Waals surface area contributed by atoms with E-state index in [1.54, 1.807) is 22.7 Å². The molecule has 4 nitrogen and oxygen atoms in total. The highest BCUT2D eigenvalue weighted by Gasteiger charge is 2.03. The number of hydrogen-bond acceptors (Lipinski definition) is 5. The van der Waals surface area contributed by atoms with Gasteiger partial charge >= 0.3 is 0 Å². The summed E-state index contributed by atoms with van der Waals surface area (Å²) in [5.41, 5.74) is 7.47. The Morgan fingerprint density at radius 3 is 1.82 bits per heavy atom. The molecule has 0 spiro atoms. The van der Waals surface area contributed by atoms with Crippen LogP contribution in [0.4, 0.5) is 11.4 Å². The first-order chi connectivity index (χ1) is 10.8. The average molecular weight is 342 g/mol. The quantitative estimate of drug-likeness (QED) is 0.517. The minimum Gasteiger partial charge on any atom is -0.332 e. The van der Waals surface area contributed by atoms with Crippen molar-refractivity contribution in [2.45, 2.75) is 0 Å². The number of thiazole rings is 2. The summed E-state index contributed by atoms with van der Waals surface area (Å²) in [5.74, 6) is 0. The van der Waals surface area contributed by atoms with Crippen LogP contribution in [0.2, 0.25) is 0 Å². The fourth-order valence-corrected chi connectivity index (χ4v) is 3.72. The number of anilines is 2. The summed E-state index contributed by atoms with van der Waals surface area (Å²) in [6.07, 6.45) is 0. The van der Waals surface area contributed by atoms with E-state index in [0.717, 1.165) is 22.4 Å². The molecule has 4 aromatic rings. The van der Waals surface area contributed by atoms with Gasteiger partial charge in [0.1, 0.15) is 0 Å². The molecule has 0 fully saturated rings. The first kappa shape index (κ1) is 13.6. The molecule has 108 valence electrons. The molecule has 0 bridgehead atoms. The van der Waals surface area contributed by atoms with Gasteiger partial charge in [-0.3, -0.25) is 0 Å². The molecule has 0 saturated heterocycles. The highest BCUT2D eigenvalue weighted by molar-refractivity contribution is 7.80. The topological polar surface area (TPSA) is 49.8 Å². The van der Waals surface area contributed by atoms with Crippen LogP contribution in [-0.4, -0.2) is 15.1 Å². The zero-order valence-corrected chi connectivity index (χ0v) is 13.7. The van der Waals surface area contributed by atoms with E-state index >= 15 is 0 Å². The molecule has 0 radical (unpaired) electrons. The third-order valence-electron chi connectivity index (χ3n) is 3.18. The fourth-order valence-electron chi connectivity index (χ4n) is 2.16. The van der Waals surface area contributed by atoms with Gasteiger partial charge in [-0.1, -0.05) is 0 Å². The molecule has 7 heteroatoms. The van der Waals surface area contributed by atoms with E-state index in [0.29, 0.717) is 5.11 Å². The number of nitrogens with zero attached hydrogens (tertiary/aromatic N) is 2. The van der Waals surface area contributed by atoms with E-state index in [9.17, 15) is 0 Å². The Balaban J connectivity index is 1.51. The van der Waals surface area contributed by atoms with E-state index in [-0.39, 0.29) is 0 Å². The van der Waals surface area contributed by atoms with Crippen molar-refractivity contribution in [3.63, 3.8) is 0 Å². The average Bonchev–Trinajstić information content (AvgIpc) is 3.14. The van der Waals surface area contributed by atoms with Crippen LogP contribution in [0.15, 0.2) is 47.4 Å². The zero-order chi connectivity index (χ0) is 14.9. The van der Waals surface area contributed by atoms with Crippen molar-refractivity contribution in [1.82, 2.24) is 9.97 Å². The van der Waals surface area contributed by atoms with Gasteiger partial charge in [0, 0.05) is 11.4 Å². The van der Waals surface area contributed by atoms with Crippen LogP contribution in [0, 0.1) is 0 Å². The zero-order valence-electron chi connectivity index (χ0n) is 11.2. The molecule has 0 aliphatic heterocycles. The van der Waals surface area contributed by atoms with Gasteiger partial charge in [-0.25, -0.2) is 9.97 Å². The van der Waals surface area contributed by atoms with Crippen molar-refractivity contribution in [2.24, 2.45) is 0 Å². The summed E-state index contributed by atoms with van der Waals surface area (Å²) in [6, 6.07) is 12.1. The lowest BCUT2D eigenvalue weighted by Crippen LogP contribution is -2.18. The second-order valence-electron chi connectivity index (χ2n) is 4.65. The van der Waals surface area contributed by atoms with E-state index in [2.05, 4.69) is 20.6 Å². The van der Waals surface area contributed by atoms with Crippen LogP contribution in [0.3, 0.4) is 0 Å². The monoisotopic (exact) mass is 342 g/mol. The summed E-state index contributed by atoms with van der Waals surface area (Å²) in [7, 11) is 0. The van der Waals surface area contributed by atoms with Crippen molar-refractivity contribution in [2.75, 3.05) is 10.6 Å². The van der Waals surface area contributed by atoms with Gasteiger partial charge in [0.15, 0.2) is 5.11 Å². The number of aromatic nitrogens is 2. The predicted octanol–water partition coefficient (Wildman–Crippen LogP) is 4.71. The molecular weight excluding hydrogens is 332 g/mol. The molecule has 4 rings (SSSR count).